The summed E-state index contributed by atoms with van der Waals surface area (Å²) < 4.78 is 10.7. The Morgan fingerprint density at radius 3 is 2.78 bits per heavy atom. The second kappa shape index (κ2) is 4.61. The van der Waals surface area contributed by atoms with E-state index >= 15 is 0 Å². The molecule has 1 fully saturated rings. The Bertz CT molecular complexity index is 432. The van der Waals surface area contributed by atoms with Crippen LogP contribution in [0, 0.1) is 5.41 Å². The van der Waals surface area contributed by atoms with Gasteiger partial charge in [-0.1, -0.05) is 0 Å². The van der Waals surface area contributed by atoms with E-state index in [1.807, 2.05) is 0 Å². The van der Waals surface area contributed by atoms with Crippen molar-refractivity contribution in [2.45, 2.75) is 12.8 Å². The molecule has 0 amide bonds. The average molecular weight is 250 g/mol. The predicted octanol–water partition coefficient (Wildman–Crippen LogP) is 1.12. The van der Waals surface area contributed by atoms with Gasteiger partial charge in [0.2, 0.25) is 5.88 Å². The van der Waals surface area contributed by atoms with Gasteiger partial charge in [-0.3, -0.25) is 0 Å². The number of hydrogen-bond donors (Lipinski definition) is 2. The van der Waals surface area contributed by atoms with Gasteiger partial charge >= 0.3 is 0 Å². The Labute approximate surface area is 106 Å². The Balaban J connectivity index is 1.85. The van der Waals surface area contributed by atoms with Crippen LogP contribution in [0.5, 0.6) is 5.88 Å². The van der Waals surface area contributed by atoms with Gasteiger partial charge in [0.25, 0.3) is 0 Å². The quantitative estimate of drug-likeness (QED) is 0.778. The van der Waals surface area contributed by atoms with E-state index in [0.29, 0.717) is 5.88 Å². The molecule has 0 radical (unpaired) electrons. The third-order valence-corrected chi connectivity index (χ3v) is 3.83. The van der Waals surface area contributed by atoms with Crippen molar-refractivity contribution in [3.05, 3.63) is 6.33 Å². The lowest BCUT2D eigenvalue weighted by molar-refractivity contribution is 0.0276. The van der Waals surface area contributed by atoms with E-state index in [0.717, 1.165) is 50.7 Å². The van der Waals surface area contributed by atoms with Crippen molar-refractivity contribution in [1.82, 2.24) is 9.97 Å². The number of nitrogens with zero attached hydrogens (tertiary/aromatic N) is 2. The molecule has 1 saturated heterocycles. The minimum absolute atomic E-state index is 0.240. The number of aromatic nitrogens is 2. The van der Waals surface area contributed by atoms with E-state index in [4.69, 9.17) is 9.47 Å². The monoisotopic (exact) mass is 250 g/mol. The normalized spacial score (nSPS) is 21.4. The number of methoxy groups -OCH3 is 1. The molecule has 18 heavy (non-hydrogen) atoms. The van der Waals surface area contributed by atoms with Gasteiger partial charge in [0.15, 0.2) is 5.82 Å². The predicted molar refractivity (Wildman–Crippen MR) is 68.0 cm³/mol. The van der Waals surface area contributed by atoms with Gasteiger partial charge in [0.05, 0.1) is 7.11 Å². The first-order valence-corrected chi connectivity index (χ1v) is 6.27. The molecule has 0 bridgehead atoms. The number of anilines is 2. The van der Waals surface area contributed by atoms with Crippen LogP contribution in [-0.2, 0) is 4.74 Å². The van der Waals surface area contributed by atoms with Crippen molar-refractivity contribution in [3.63, 3.8) is 0 Å². The lowest BCUT2D eigenvalue weighted by Gasteiger charge is -2.36. The maximum absolute atomic E-state index is 5.45. The number of fused-ring (bicyclic) bond motifs is 1. The van der Waals surface area contributed by atoms with E-state index in [2.05, 4.69) is 20.6 Å². The van der Waals surface area contributed by atoms with Crippen LogP contribution in [0.25, 0.3) is 0 Å². The Morgan fingerprint density at radius 2 is 2.00 bits per heavy atom. The molecule has 2 aliphatic rings. The third kappa shape index (κ3) is 1.96. The van der Waals surface area contributed by atoms with Gasteiger partial charge in [0, 0.05) is 31.7 Å². The molecule has 0 atom stereocenters. The molecule has 2 N–H and O–H groups in total. The molecule has 2 aliphatic heterocycles. The minimum Gasteiger partial charge on any atom is -0.479 e. The van der Waals surface area contributed by atoms with Gasteiger partial charge in [-0.2, -0.15) is 4.98 Å². The second-order valence-electron chi connectivity index (χ2n) is 4.93. The molecule has 0 saturated carbocycles. The first-order valence-electron chi connectivity index (χ1n) is 6.27. The van der Waals surface area contributed by atoms with Crippen LogP contribution in [0.15, 0.2) is 6.33 Å². The summed E-state index contributed by atoms with van der Waals surface area (Å²) in [5, 5.41) is 6.85. The SMILES string of the molecule is COc1ncnc2c1NCC1(CCOCC1)CN2. The summed E-state index contributed by atoms with van der Waals surface area (Å²) in [4.78, 5) is 8.40. The molecule has 6 heteroatoms. The van der Waals surface area contributed by atoms with Gasteiger partial charge in [-0.25, -0.2) is 4.98 Å². The molecule has 0 unspecified atom stereocenters. The Morgan fingerprint density at radius 1 is 1.22 bits per heavy atom. The summed E-state index contributed by atoms with van der Waals surface area (Å²) in [6.07, 6.45) is 3.65. The zero-order chi connectivity index (χ0) is 12.4. The number of hydrogen-bond acceptors (Lipinski definition) is 6. The molecular formula is C12H18N4O2. The number of nitrogens with one attached hydrogen (secondary N) is 2. The Hall–Kier alpha value is -1.56. The summed E-state index contributed by atoms with van der Waals surface area (Å²) in [5.74, 6) is 1.42. The zero-order valence-electron chi connectivity index (χ0n) is 10.5. The lowest BCUT2D eigenvalue weighted by Crippen LogP contribution is -2.40. The van der Waals surface area contributed by atoms with Crippen molar-refractivity contribution in [2.75, 3.05) is 44.0 Å². The van der Waals surface area contributed by atoms with Crippen LogP contribution in [-0.4, -0.2) is 43.4 Å². The van der Waals surface area contributed by atoms with Crippen LogP contribution in [0.3, 0.4) is 0 Å². The van der Waals surface area contributed by atoms with Crippen LogP contribution in [0.4, 0.5) is 11.5 Å². The van der Waals surface area contributed by atoms with Crippen molar-refractivity contribution in [2.24, 2.45) is 5.41 Å². The van der Waals surface area contributed by atoms with Crippen LogP contribution in [0.1, 0.15) is 12.8 Å². The molecule has 1 aromatic rings. The van der Waals surface area contributed by atoms with Gasteiger partial charge in [-0.05, 0) is 12.8 Å². The zero-order valence-corrected chi connectivity index (χ0v) is 10.5. The molecule has 3 rings (SSSR count). The van der Waals surface area contributed by atoms with Crippen LogP contribution >= 0.6 is 0 Å². The van der Waals surface area contributed by atoms with E-state index in [9.17, 15) is 0 Å². The second-order valence-corrected chi connectivity index (χ2v) is 4.93. The molecule has 3 heterocycles. The van der Waals surface area contributed by atoms with Crippen LogP contribution in [0.2, 0.25) is 0 Å². The lowest BCUT2D eigenvalue weighted by atomic mass is 9.80. The molecule has 0 aromatic carbocycles. The van der Waals surface area contributed by atoms with E-state index in [-0.39, 0.29) is 5.41 Å². The standard InChI is InChI=1S/C12H18N4O2/c1-17-11-9-10(15-8-16-11)14-7-12(6-13-9)2-4-18-5-3-12/h8,13H,2-7H2,1H3,(H,14,15,16). The van der Waals surface area contributed by atoms with Crippen molar-refractivity contribution < 1.29 is 9.47 Å². The van der Waals surface area contributed by atoms with Crippen molar-refractivity contribution in [1.29, 1.82) is 0 Å². The molecule has 98 valence electrons. The van der Waals surface area contributed by atoms with Gasteiger partial charge in [0.1, 0.15) is 12.0 Å². The first kappa shape index (κ1) is 11.5. The van der Waals surface area contributed by atoms with Crippen LogP contribution < -0.4 is 15.4 Å². The highest BCUT2D eigenvalue weighted by Gasteiger charge is 2.35. The van der Waals surface area contributed by atoms with E-state index in [1.165, 1.54) is 6.33 Å². The molecule has 6 nitrogen and oxygen atoms in total. The average Bonchev–Trinajstić information content (AvgIpc) is 2.60. The topological polar surface area (TPSA) is 68.3 Å². The summed E-state index contributed by atoms with van der Waals surface area (Å²) in [7, 11) is 1.62. The maximum Gasteiger partial charge on any atom is 0.242 e. The number of ether oxygens (including phenoxy) is 2. The summed E-state index contributed by atoms with van der Waals surface area (Å²) in [6.45, 7) is 3.49. The Kier molecular flexibility index (Phi) is 2.95. The first-order chi connectivity index (χ1) is 8.83. The minimum atomic E-state index is 0.240. The van der Waals surface area contributed by atoms with Gasteiger partial charge in [-0.15, -0.1) is 0 Å². The summed E-state index contributed by atoms with van der Waals surface area (Å²) in [5.41, 5.74) is 1.10. The van der Waals surface area contributed by atoms with E-state index < -0.39 is 0 Å². The summed E-state index contributed by atoms with van der Waals surface area (Å²) in [6, 6.07) is 0. The smallest absolute Gasteiger partial charge is 0.242 e. The fourth-order valence-corrected chi connectivity index (χ4v) is 2.59. The highest BCUT2D eigenvalue weighted by atomic mass is 16.5. The third-order valence-electron chi connectivity index (χ3n) is 3.83. The maximum atomic E-state index is 5.45. The van der Waals surface area contributed by atoms with Crippen molar-refractivity contribution >= 4 is 11.5 Å². The molecule has 1 aromatic heterocycles. The highest BCUT2D eigenvalue weighted by Crippen LogP contribution is 2.37. The van der Waals surface area contributed by atoms with Crippen molar-refractivity contribution in [3.8, 4) is 5.88 Å². The molecule has 1 spiro atoms. The molecular weight excluding hydrogens is 232 g/mol. The fourth-order valence-electron chi connectivity index (χ4n) is 2.59. The molecule has 0 aliphatic carbocycles. The summed E-state index contributed by atoms with van der Waals surface area (Å²) >= 11 is 0. The highest BCUT2D eigenvalue weighted by molar-refractivity contribution is 5.70. The number of rotatable bonds is 1. The fraction of sp³-hybridized carbons (Fsp3) is 0.667. The van der Waals surface area contributed by atoms with Gasteiger partial charge < -0.3 is 20.1 Å². The van der Waals surface area contributed by atoms with E-state index in [1.54, 1.807) is 7.11 Å². The largest absolute Gasteiger partial charge is 0.479 e.